The van der Waals surface area contributed by atoms with Crippen LogP contribution in [0.3, 0.4) is 0 Å². The quantitative estimate of drug-likeness (QED) is 0.861. The van der Waals surface area contributed by atoms with Gasteiger partial charge in [0.15, 0.2) is 0 Å². The molecule has 1 aromatic carbocycles. The summed E-state index contributed by atoms with van der Waals surface area (Å²) in [5.41, 5.74) is 2.89. The molecule has 0 spiro atoms. The SMILES string of the molecule is CC(C)Cc1ccc(C2CNCCN2C)cc1. The minimum atomic E-state index is 0.539. The van der Waals surface area contributed by atoms with Gasteiger partial charge in [0.25, 0.3) is 0 Å². The fraction of sp³-hybridized carbons (Fsp3) is 0.600. The molecule has 2 nitrogen and oxygen atoms in total. The van der Waals surface area contributed by atoms with Gasteiger partial charge in [-0.2, -0.15) is 0 Å². The zero-order valence-electron chi connectivity index (χ0n) is 11.2. The topological polar surface area (TPSA) is 15.3 Å². The summed E-state index contributed by atoms with van der Waals surface area (Å²) in [5.74, 6) is 0.736. The molecule has 1 aliphatic rings. The lowest BCUT2D eigenvalue weighted by molar-refractivity contribution is 0.202. The van der Waals surface area contributed by atoms with E-state index in [1.54, 1.807) is 0 Å². The minimum Gasteiger partial charge on any atom is -0.314 e. The third-order valence-electron chi connectivity index (χ3n) is 3.52. The summed E-state index contributed by atoms with van der Waals surface area (Å²) in [6.45, 7) is 7.86. The zero-order chi connectivity index (χ0) is 12.3. The molecule has 1 N–H and O–H groups in total. The number of piperazine rings is 1. The number of hydrogen-bond donors (Lipinski definition) is 1. The van der Waals surface area contributed by atoms with Gasteiger partial charge in [-0.25, -0.2) is 0 Å². The van der Waals surface area contributed by atoms with Crippen molar-refractivity contribution in [1.29, 1.82) is 0 Å². The van der Waals surface area contributed by atoms with Crippen LogP contribution in [0, 0.1) is 5.92 Å². The second-order valence-corrected chi connectivity index (χ2v) is 5.54. The Bertz CT molecular complexity index is 342. The molecule has 0 radical (unpaired) electrons. The third kappa shape index (κ3) is 3.30. The van der Waals surface area contributed by atoms with Crippen LogP contribution in [0.5, 0.6) is 0 Å². The second kappa shape index (κ2) is 5.65. The first-order valence-electron chi connectivity index (χ1n) is 6.66. The van der Waals surface area contributed by atoms with Crippen molar-refractivity contribution in [3.63, 3.8) is 0 Å². The zero-order valence-corrected chi connectivity index (χ0v) is 11.2. The lowest BCUT2D eigenvalue weighted by Gasteiger charge is -2.33. The van der Waals surface area contributed by atoms with Gasteiger partial charge in [-0.1, -0.05) is 38.1 Å². The maximum atomic E-state index is 3.47. The molecule has 2 heteroatoms. The van der Waals surface area contributed by atoms with Crippen molar-refractivity contribution < 1.29 is 0 Å². The normalized spacial score (nSPS) is 22.0. The molecule has 0 saturated carbocycles. The van der Waals surface area contributed by atoms with E-state index in [4.69, 9.17) is 0 Å². The fourth-order valence-electron chi connectivity index (χ4n) is 2.53. The predicted molar refractivity (Wildman–Crippen MR) is 73.2 cm³/mol. The van der Waals surface area contributed by atoms with Crippen LogP contribution >= 0.6 is 0 Å². The van der Waals surface area contributed by atoms with Crippen molar-refractivity contribution >= 4 is 0 Å². The van der Waals surface area contributed by atoms with Gasteiger partial charge >= 0.3 is 0 Å². The highest BCUT2D eigenvalue weighted by molar-refractivity contribution is 5.26. The Morgan fingerprint density at radius 2 is 2.00 bits per heavy atom. The first-order valence-corrected chi connectivity index (χ1v) is 6.66. The number of rotatable bonds is 3. The first kappa shape index (κ1) is 12.6. The molecule has 17 heavy (non-hydrogen) atoms. The molecular weight excluding hydrogens is 208 g/mol. The van der Waals surface area contributed by atoms with Crippen molar-refractivity contribution in [1.82, 2.24) is 10.2 Å². The maximum Gasteiger partial charge on any atom is 0.0470 e. The van der Waals surface area contributed by atoms with E-state index in [1.807, 2.05) is 0 Å². The Labute approximate surface area is 105 Å². The van der Waals surface area contributed by atoms with E-state index in [2.05, 4.69) is 55.4 Å². The molecule has 0 bridgehead atoms. The van der Waals surface area contributed by atoms with Crippen LogP contribution in [0.25, 0.3) is 0 Å². The van der Waals surface area contributed by atoms with E-state index >= 15 is 0 Å². The van der Waals surface area contributed by atoms with Gasteiger partial charge in [0.1, 0.15) is 0 Å². The van der Waals surface area contributed by atoms with Crippen LogP contribution < -0.4 is 5.32 Å². The standard InChI is InChI=1S/C15H24N2/c1-12(2)10-13-4-6-14(7-5-13)15-11-16-8-9-17(15)3/h4-7,12,15-16H,8-11H2,1-3H3. The fourth-order valence-corrected chi connectivity index (χ4v) is 2.53. The predicted octanol–water partition coefficient (Wildman–Crippen LogP) is 2.46. The number of nitrogens with zero attached hydrogens (tertiary/aromatic N) is 1. The molecule has 2 rings (SSSR count). The van der Waals surface area contributed by atoms with Crippen molar-refractivity contribution in [2.24, 2.45) is 5.92 Å². The molecule has 1 fully saturated rings. The molecule has 94 valence electrons. The minimum absolute atomic E-state index is 0.539. The highest BCUT2D eigenvalue weighted by Crippen LogP contribution is 2.21. The van der Waals surface area contributed by atoms with E-state index in [0.717, 1.165) is 25.6 Å². The van der Waals surface area contributed by atoms with E-state index in [1.165, 1.54) is 17.5 Å². The molecule has 1 atom stereocenters. The Kier molecular flexibility index (Phi) is 4.19. The molecule has 1 heterocycles. The molecule has 1 aliphatic heterocycles. The van der Waals surface area contributed by atoms with Gasteiger partial charge in [0.2, 0.25) is 0 Å². The lowest BCUT2D eigenvalue weighted by atomic mass is 9.98. The smallest absolute Gasteiger partial charge is 0.0470 e. The van der Waals surface area contributed by atoms with Gasteiger partial charge < -0.3 is 5.32 Å². The van der Waals surface area contributed by atoms with Gasteiger partial charge in [-0.3, -0.25) is 4.90 Å². The maximum absolute atomic E-state index is 3.47. The number of benzene rings is 1. The molecule has 1 aromatic rings. The highest BCUT2D eigenvalue weighted by Gasteiger charge is 2.19. The molecule has 1 unspecified atom stereocenters. The number of likely N-dealkylation sites (N-methyl/N-ethyl adjacent to an activating group) is 1. The monoisotopic (exact) mass is 232 g/mol. The molecule has 0 aliphatic carbocycles. The summed E-state index contributed by atoms with van der Waals surface area (Å²) < 4.78 is 0. The van der Waals surface area contributed by atoms with Crippen LogP contribution in [0.4, 0.5) is 0 Å². The van der Waals surface area contributed by atoms with Crippen molar-refractivity contribution in [2.75, 3.05) is 26.7 Å². The molecule has 1 saturated heterocycles. The van der Waals surface area contributed by atoms with E-state index in [0.29, 0.717) is 6.04 Å². The van der Waals surface area contributed by atoms with Crippen molar-refractivity contribution in [3.05, 3.63) is 35.4 Å². The summed E-state index contributed by atoms with van der Waals surface area (Å²) in [6, 6.07) is 9.71. The van der Waals surface area contributed by atoms with E-state index < -0.39 is 0 Å². The Hall–Kier alpha value is -0.860. The van der Waals surface area contributed by atoms with Crippen molar-refractivity contribution in [3.8, 4) is 0 Å². The number of nitrogens with one attached hydrogen (secondary N) is 1. The third-order valence-corrected chi connectivity index (χ3v) is 3.52. The van der Waals surface area contributed by atoms with Gasteiger partial charge in [-0.15, -0.1) is 0 Å². The average molecular weight is 232 g/mol. The van der Waals surface area contributed by atoms with Crippen LogP contribution in [0.1, 0.15) is 31.0 Å². The largest absolute Gasteiger partial charge is 0.314 e. The second-order valence-electron chi connectivity index (χ2n) is 5.54. The first-order chi connectivity index (χ1) is 8.16. The summed E-state index contributed by atoms with van der Waals surface area (Å²) in [7, 11) is 2.22. The van der Waals surface area contributed by atoms with Crippen LogP contribution in [-0.4, -0.2) is 31.6 Å². The highest BCUT2D eigenvalue weighted by atomic mass is 15.2. The summed E-state index contributed by atoms with van der Waals surface area (Å²) >= 11 is 0. The Morgan fingerprint density at radius 1 is 1.29 bits per heavy atom. The average Bonchev–Trinajstić information content (AvgIpc) is 2.30. The Morgan fingerprint density at radius 3 is 2.59 bits per heavy atom. The van der Waals surface area contributed by atoms with Crippen LogP contribution in [0.2, 0.25) is 0 Å². The summed E-state index contributed by atoms with van der Waals surface area (Å²) in [6.07, 6.45) is 1.18. The van der Waals surface area contributed by atoms with E-state index in [9.17, 15) is 0 Å². The molecule has 0 aromatic heterocycles. The van der Waals surface area contributed by atoms with Crippen LogP contribution in [-0.2, 0) is 6.42 Å². The summed E-state index contributed by atoms with van der Waals surface area (Å²) in [4.78, 5) is 2.44. The number of hydrogen-bond acceptors (Lipinski definition) is 2. The van der Waals surface area contributed by atoms with Gasteiger partial charge in [-0.05, 0) is 30.5 Å². The molecule has 0 amide bonds. The Balaban J connectivity index is 2.06. The van der Waals surface area contributed by atoms with Crippen molar-refractivity contribution in [2.45, 2.75) is 26.3 Å². The van der Waals surface area contributed by atoms with Crippen LogP contribution in [0.15, 0.2) is 24.3 Å². The lowest BCUT2D eigenvalue weighted by Crippen LogP contribution is -2.43. The van der Waals surface area contributed by atoms with E-state index in [-0.39, 0.29) is 0 Å². The van der Waals surface area contributed by atoms with Gasteiger partial charge in [0.05, 0.1) is 0 Å². The molecular formula is C15H24N2. The van der Waals surface area contributed by atoms with Gasteiger partial charge in [0, 0.05) is 25.7 Å². The summed E-state index contributed by atoms with van der Waals surface area (Å²) in [5, 5.41) is 3.47.